The number of thioether (sulfide) groups is 1. The number of aliphatic imine (C=N–C) groups is 1. The summed E-state index contributed by atoms with van der Waals surface area (Å²) in [5, 5.41) is 0.291. The summed E-state index contributed by atoms with van der Waals surface area (Å²) in [4.78, 5) is 16.0. The number of halogens is 2. The van der Waals surface area contributed by atoms with Crippen LogP contribution in [0.5, 0.6) is 5.75 Å². The Kier molecular flexibility index (Phi) is 6.05. The van der Waals surface area contributed by atoms with Crippen LogP contribution in [0.3, 0.4) is 0 Å². The summed E-state index contributed by atoms with van der Waals surface area (Å²) >= 11 is 5.70. The fraction of sp³-hybridized carbons (Fsp3) is 0.111. The lowest BCUT2D eigenvalue weighted by molar-refractivity contribution is -0.113. The van der Waals surface area contributed by atoms with Gasteiger partial charge in [0.15, 0.2) is 5.17 Å². The van der Waals surface area contributed by atoms with Crippen molar-refractivity contribution < 1.29 is 9.53 Å². The van der Waals surface area contributed by atoms with E-state index in [1.165, 1.54) is 17.3 Å². The normalized spacial score (nSPS) is 15.6. The van der Waals surface area contributed by atoms with Crippen LogP contribution in [0.2, 0.25) is 0 Å². The van der Waals surface area contributed by atoms with E-state index in [4.69, 9.17) is 10.5 Å². The Bertz CT molecular complexity index is 887. The average Bonchev–Trinajstić information content (AvgIpc) is 2.84. The molecule has 2 N–H and O–H groups in total. The van der Waals surface area contributed by atoms with Crippen molar-refractivity contribution in [3.05, 3.63) is 65.1 Å². The number of carbonyl (C=O) groups excluding carboxylic acids is 1. The molecule has 0 bridgehead atoms. The lowest BCUT2D eigenvalue weighted by atomic mass is 10.1. The van der Waals surface area contributed by atoms with E-state index in [0.29, 0.717) is 16.7 Å². The van der Waals surface area contributed by atoms with E-state index in [1.54, 1.807) is 0 Å². The molecule has 0 unspecified atom stereocenters. The Morgan fingerprint density at radius 3 is 2.56 bits per heavy atom. The molecule has 1 amide bonds. The zero-order valence-corrected chi connectivity index (χ0v) is 18.4. The number of nitrogens with two attached hydrogens (primary N) is 1. The first-order chi connectivity index (χ1) is 11.9. The van der Waals surface area contributed by atoms with Crippen LogP contribution in [0.15, 0.2) is 46.3 Å². The van der Waals surface area contributed by atoms with Crippen molar-refractivity contribution in [3.63, 3.8) is 0 Å². The van der Waals surface area contributed by atoms with Crippen molar-refractivity contribution in [2.45, 2.75) is 13.5 Å². The highest BCUT2D eigenvalue weighted by Crippen LogP contribution is 2.32. The van der Waals surface area contributed by atoms with E-state index in [9.17, 15) is 4.79 Å². The minimum Gasteiger partial charge on any atom is -0.487 e. The van der Waals surface area contributed by atoms with Crippen LogP contribution in [-0.2, 0) is 11.4 Å². The molecule has 0 aromatic heterocycles. The van der Waals surface area contributed by atoms with Crippen molar-refractivity contribution in [2.24, 2.45) is 10.7 Å². The van der Waals surface area contributed by atoms with E-state index in [1.807, 2.05) is 24.3 Å². The molecular weight excluding hydrogens is 562 g/mol. The van der Waals surface area contributed by atoms with Crippen LogP contribution in [0.25, 0.3) is 6.08 Å². The highest BCUT2D eigenvalue weighted by molar-refractivity contribution is 14.1. The SMILES string of the molecule is Cc1cccc(COc2c(I)cc(/C=C3\SC(N)=NC3=O)cc2I)c1. The average molecular weight is 576 g/mol. The second kappa shape index (κ2) is 8.09. The van der Waals surface area contributed by atoms with Gasteiger partial charge in [0.05, 0.1) is 12.0 Å². The van der Waals surface area contributed by atoms with Gasteiger partial charge in [-0.1, -0.05) is 29.8 Å². The van der Waals surface area contributed by atoms with Gasteiger partial charge in [0.1, 0.15) is 12.4 Å². The fourth-order valence-electron chi connectivity index (χ4n) is 2.34. The van der Waals surface area contributed by atoms with Gasteiger partial charge in [-0.15, -0.1) is 0 Å². The van der Waals surface area contributed by atoms with E-state index in [-0.39, 0.29) is 5.91 Å². The van der Waals surface area contributed by atoms with E-state index in [0.717, 1.165) is 24.0 Å². The van der Waals surface area contributed by atoms with E-state index < -0.39 is 0 Å². The summed E-state index contributed by atoms with van der Waals surface area (Å²) in [6, 6.07) is 12.2. The highest BCUT2D eigenvalue weighted by Gasteiger charge is 2.20. The number of amidine groups is 1. The maximum Gasteiger partial charge on any atom is 0.286 e. The smallest absolute Gasteiger partial charge is 0.286 e. The molecule has 0 saturated carbocycles. The van der Waals surface area contributed by atoms with Crippen LogP contribution >= 0.6 is 56.9 Å². The third kappa shape index (κ3) is 4.76. The molecular formula is C18H14I2N2O2S. The first-order valence-electron chi connectivity index (χ1n) is 7.38. The topological polar surface area (TPSA) is 64.7 Å². The first kappa shape index (κ1) is 18.7. The number of amides is 1. The second-order valence-corrected chi connectivity index (χ2v) is 8.84. The minimum absolute atomic E-state index is 0.285. The minimum atomic E-state index is -0.285. The number of benzene rings is 2. The summed E-state index contributed by atoms with van der Waals surface area (Å²) in [7, 11) is 0. The Morgan fingerprint density at radius 1 is 1.24 bits per heavy atom. The van der Waals surface area contributed by atoms with Gasteiger partial charge in [-0.2, -0.15) is 4.99 Å². The number of ether oxygens (including phenoxy) is 1. The van der Waals surface area contributed by atoms with Gasteiger partial charge in [0, 0.05) is 0 Å². The summed E-state index contributed by atoms with van der Waals surface area (Å²) in [6.07, 6.45) is 1.81. The van der Waals surface area contributed by atoms with Crippen LogP contribution in [0.4, 0.5) is 0 Å². The van der Waals surface area contributed by atoms with Gasteiger partial charge in [0.25, 0.3) is 5.91 Å². The molecule has 0 aliphatic carbocycles. The zero-order valence-electron chi connectivity index (χ0n) is 13.3. The number of nitrogens with zero attached hydrogens (tertiary/aromatic N) is 1. The van der Waals surface area contributed by atoms with Gasteiger partial charge in [-0.05, 0) is 93.2 Å². The molecule has 2 aromatic rings. The maximum atomic E-state index is 11.7. The number of hydrogen-bond donors (Lipinski definition) is 1. The molecule has 3 rings (SSSR count). The molecule has 1 aliphatic heterocycles. The Labute approximate surface area is 177 Å². The summed E-state index contributed by atoms with van der Waals surface area (Å²) in [6.45, 7) is 2.59. The number of aryl methyl sites for hydroxylation is 1. The van der Waals surface area contributed by atoms with E-state index >= 15 is 0 Å². The Morgan fingerprint density at radius 2 is 1.96 bits per heavy atom. The van der Waals surface area contributed by atoms with Crippen LogP contribution < -0.4 is 10.5 Å². The molecule has 1 heterocycles. The van der Waals surface area contributed by atoms with Crippen molar-refractivity contribution in [1.82, 2.24) is 0 Å². The second-order valence-electron chi connectivity index (χ2n) is 5.46. The van der Waals surface area contributed by atoms with E-state index in [2.05, 4.69) is 75.3 Å². The standard InChI is InChI=1S/C18H14I2N2O2S/c1-10-3-2-4-11(5-10)9-24-16-13(19)6-12(7-14(16)20)8-15-17(23)22-18(21)25-15/h2-8H,9H2,1H3,(H2,21,22,23)/b15-8-. The van der Waals surface area contributed by atoms with Crippen LogP contribution in [0.1, 0.15) is 16.7 Å². The van der Waals surface area contributed by atoms with Crippen molar-refractivity contribution in [3.8, 4) is 5.75 Å². The molecule has 1 aliphatic rings. The lowest BCUT2D eigenvalue weighted by Crippen LogP contribution is -2.01. The Balaban J connectivity index is 1.79. The third-order valence-corrected chi connectivity index (χ3v) is 5.84. The van der Waals surface area contributed by atoms with Crippen molar-refractivity contribution in [1.29, 1.82) is 0 Å². The molecule has 0 saturated heterocycles. The fourth-order valence-corrected chi connectivity index (χ4v) is 5.14. The predicted molar refractivity (Wildman–Crippen MR) is 120 cm³/mol. The summed E-state index contributed by atoms with van der Waals surface area (Å²) < 4.78 is 8.01. The maximum absolute atomic E-state index is 11.7. The molecule has 0 radical (unpaired) electrons. The molecule has 7 heteroatoms. The Hall–Kier alpha value is -1.07. The predicted octanol–water partition coefficient (Wildman–Crippen LogP) is 4.71. The van der Waals surface area contributed by atoms with Crippen LogP contribution in [-0.4, -0.2) is 11.1 Å². The van der Waals surface area contributed by atoms with Crippen LogP contribution in [0, 0.1) is 14.1 Å². The molecule has 2 aromatic carbocycles. The van der Waals surface area contributed by atoms with Gasteiger partial charge >= 0.3 is 0 Å². The molecule has 0 fully saturated rings. The molecule has 4 nitrogen and oxygen atoms in total. The van der Waals surface area contributed by atoms with Gasteiger partial charge in [0.2, 0.25) is 0 Å². The molecule has 0 spiro atoms. The summed E-state index contributed by atoms with van der Waals surface area (Å²) in [5.74, 6) is 0.568. The largest absolute Gasteiger partial charge is 0.487 e. The van der Waals surface area contributed by atoms with Gasteiger partial charge in [-0.25, -0.2) is 0 Å². The highest BCUT2D eigenvalue weighted by atomic mass is 127. The van der Waals surface area contributed by atoms with Gasteiger partial charge in [-0.3, -0.25) is 4.79 Å². The zero-order chi connectivity index (χ0) is 18.0. The van der Waals surface area contributed by atoms with Crippen molar-refractivity contribution >= 4 is 74.1 Å². The van der Waals surface area contributed by atoms with Crippen molar-refractivity contribution in [2.75, 3.05) is 0 Å². The molecule has 128 valence electrons. The molecule has 25 heavy (non-hydrogen) atoms. The summed E-state index contributed by atoms with van der Waals surface area (Å²) in [5.41, 5.74) is 8.87. The lowest BCUT2D eigenvalue weighted by Gasteiger charge is -2.12. The quantitative estimate of drug-likeness (QED) is 0.423. The first-order valence-corrected chi connectivity index (χ1v) is 10.3. The number of rotatable bonds is 4. The monoisotopic (exact) mass is 576 g/mol. The molecule has 0 atom stereocenters. The van der Waals surface area contributed by atoms with Gasteiger partial charge < -0.3 is 10.5 Å². The number of carbonyl (C=O) groups is 1. The third-order valence-electron chi connectivity index (χ3n) is 3.42. The number of hydrogen-bond acceptors (Lipinski definition) is 4.